The van der Waals surface area contributed by atoms with Gasteiger partial charge >= 0.3 is 6.03 Å². The van der Waals surface area contributed by atoms with E-state index in [-0.39, 0.29) is 6.03 Å². The van der Waals surface area contributed by atoms with Crippen LogP contribution in [0.4, 0.5) is 22.1 Å². The fourth-order valence-corrected chi connectivity index (χ4v) is 2.51. The molecule has 0 aliphatic carbocycles. The molecular formula is C19H25N5O2. The minimum atomic E-state index is -0.311. The van der Waals surface area contributed by atoms with E-state index in [2.05, 4.69) is 25.9 Å². The smallest absolute Gasteiger partial charge is 0.320 e. The second-order valence-corrected chi connectivity index (χ2v) is 5.96. The lowest BCUT2D eigenvalue weighted by atomic mass is 10.0. The molecule has 138 valence electrons. The predicted molar refractivity (Wildman–Crippen MR) is 106 cm³/mol. The molecule has 2 rings (SSSR count). The number of rotatable bonds is 5. The van der Waals surface area contributed by atoms with Crippen LogP contribution >= 0.6 is 0 Å². The number of phenolic OH excluding ortho intramolecular Hbond substituents is 1. The van der Waals surface area contributed by atoms with Gasteiger partial charge in [-0.3, -0.25) is 5.32 Å². The number of aromatic hydroxyl groups is 1. The summed E-state index contributed by atoms with van der Waals surface area (Å²) in [5.74, 6) is 1.19. The summed E-state index contributed by atoms with van der Waals surface area (Å²) in [5, 5.41) is 18.3. The monoisotopic (exact) mass is 355 g/mol. The van der Waals surface area contributed by atoms with Crippen LogP contribution < -0.4 is 16.0 Å². The summed E-state index contributed by atoms with van der Waals surface area (Å²) < 4.78 is 0. The number of hydrogen-bond acceptors (Lipinski definition) is 5. The van der Waals surface area contributed by atoms with E-state index >= 15 is 0 Å². The zero-order chi connectivity index (χ0) is 19.3. The molecule has 0 bridgehead atoms. The minimum Gasteiger partial charge on any atom is -0.507 e. The highest BCUT2D eigenvalue weighted by molar-refractivity contribution is 6.01. The summed E-state index contributed by atoms with van der Waals surface area (Å²) in [5.41, 5.74) is 4.00. The molecule has 2 aromatic rings. The lowest BCUT2D eigenvalue weighted by Gasteiger charge is -2.11. The van der Waals surface area contributed by atoms with Crippen LogP contribution in [0.15, 0.2) is 29.3 Å². The topological polar surface area (TPSA) is 98.6 Å². The lowest BCUT2D eigenvalue weighted by molar-refractivity contribution is 0.252. The molecule has 7 heteroatoms. The highest BCUT2D eigenvalue weighted by Gasteiger charge is 2.09. The fraction of sp³-hybridized carbons (Fsp3) is 0.316. The van der Waals surface area contributed by atoms with Crippen LogP contribution in [0.2, 0.25) is 0 Å². The number of anilines is 2. The Morgan fingerprint density at radius 3 is 2.46 bits per heavy atom. The average molecular weight is 355 g/mol. The summed E-state index contributed by atoms with van der Waals surface area (Å²) in [6, 6.07) is 6.99. The van der Waals surface area contributed by atoms with Crippen molar-refractivity contribution >= 4 is 29.1 Å². The molecule has 0 saturated heterocycles. The van der Waals surface area contributed by atoms with Gasteiger partial charge in [0.15, 0.2) is 5.82 Å². The molecule has 1 aromatic carbocycles. The first kappa shape index (κ1) is 19.2. The van der Waals surface area contributed by atoms with Gasteiger partial charge in [-0.05, 0) is 68.7 Å². The number of amides is 2. The Morgan fingerprint density at radius 2 is 1.88 bits per heavy atom. The molecular weight excluding hydrogens is 330 g/mol. The van der Waals surface area contributed by atoms with Gasteiger partial charge in [0.1, 0.15) is 11.6 Å². The number of benzene rings is 1. The van der Waals surface area contributed by atoms with E-state index in [1.54, 1.807) is 13.1 Å². The van der Waals surface area contributed by atoms with Gasteiger partial charge in [0, 0.05) is 19.3 Å². The number of aliphatic imine (C=N–C) groups is 1. The minimum absolute atomic E-state index is 0.295. The number of pyridine rings is 1. The second-order valence-electron chi connectivity index (χ2n) is 5.96. The van der Waals surface area contributed by atoms with Gasteiger partial charge in [0.05, 0.1) is 5.69 Å². The molecule has 26 heavy (non-hydrogen) atoms. The summed E-state index contributed by atoms with van der Waals surface area (Å²) in [7, 11) is 1.79. The molecule has 0 radical (unpaired) electrons. The number of carbonyl (C=O) groups excluding carboxylic acids is 1. The van der Waals surface area contributed by atoms with E-state index in [1.807, 2.05) is 45.9 Å². The van der Waals surface area contributed by atoms with E-state index in [4.69, 9.17) is 0 Å². The normalized spacial score (nSPS) is 11.2. The molecule has 0 unspecified atom stereocenters. The summed E-state index contributed by atoms with van der Waals surface area (Å²) in [4.78, 5) is 20.7. The predicted octanol–water partition coefficient (Wildman–Crippen LogP) is 3.73. The van der Waals surface area contributed by atoms with Crippen molar-refractivity contribution in [3.63, 3.8) is 0 Å². The van der Waals surface area contributed by atoms with E-state index in [0.29, 0.717) is 23.9 Å². The van der Waals surface area contributed by atoms with Gasteiger partial charge in [-0.1, -0.05) is 0 Å². The van der Waals surface area contributed by atoms with Crippen molar-refractivity contribution in [1.29, 1.82) is 0 Å². The van der Waals surface area contributed by atoms with Gasteiger partial charge in [-0.15, -0.1) is 0 Å². The maximum absolute atomic E-state index is 11.7. The van der Waals surface area contributed by atoms with Crippen LogP contribution in [0.1, 0.15) is 30.5 Å². The Labute approximate surface area is 153 Å². The van der Waals surface area contributed by atoms with E-state index in [0.717, 1.165) is 28.1 Å². The number of urea groups is 1. The molecule has 7 nitrogen and oxygen atoms in total. The van der Waals surface area contributed by atoms with Crippen LogP contribution in [0.25, 0.3) is 0 Å². The third kappa shape index (κ3) is 4.50. The Balaban J connectivity index is 2.39. The van der Waals surface area contributed by atoms with Crippen LogP contribution in [0.5, 0.6) is 5.75 Å². The van der Waals surface area contributed by atoms with E-state index in [9.17, 15) is 9.90 Å². The van der Waals surface area contributed by atoms with Gasteiger partial charge in [0.2, 0.25) is 0 Å². The van der Waals surface area contributed by atoms with Crippen LogP contribution in [-0.4, -0.2) is 35.4 Å². The first-order chi connectivity index (χ1) is 12.3. The van der Waals surface area contributed by atoms with Gasteiger partial charge in [0.25, 0.3) is 0 Å². The molecule has 1 aromatic heterocycles. The Bertz CT molecular complexity index is 823. The van der Waals surface area contributed by atoms with Crippen molar-refractivity contribution in [2.24, 2.45) is 4.99 Å². The van der Waals surface area contributed by atoms with Crippen molar-refractivity contribution in [3.05, 3.63) is 41.0 Å². The van der Waals surface area contributed by atoms with Gasteiger partial charge < -0.3 is 15.7 Å². The molecule has 2 amide bonds. The second kappa shape index (κ2) is 8.33. The summed E-state index contributed by atoms with van der Waals surface area (Å²) in [6.07, 6.45) is 0. The number of aromatic nitrogens is 1. The molecule has 4 N–H and O–H groups in total. The van der Waals surface area contributed by atoms with Crippen LogP contribution in [-0.2, 0) is 0 Å². The highest BCUT2D eigenvalue weighted by atomic mass is 16.3. The summed E-state index contributed by atoms with van der Waals surface area (Å²) >= 11 is 0. The number of aryl methyl sites for hydroxylation is 2. The molecule has 0 fully saturated rings. The van der Waals surface area contributed by atoms with Gasteiger partial charge in [-0.25, -0.2) is 14.8 Å². The zero-order valence-electron chi connectivity index (χ0n) is 15.8. The fourth-order valence-electron chi connectivity index (χ4n) is 2.51. The molecule has 0 spiro atoms. The maximum Gasteiger partial charge on any atom is 0.320 e. The van der Waals surface area contributed by atoms with Crippen LogP contribution in [0, 0.1) is 13.8 Å². The van der Waals surface area contributed by atoms with Gasteiger partial charge in [-0.2, -0.15) is 0 Å². The summed E-state index contributed by atoms with van der Waals surface area (Å²) in [6.45, 7) is 7.97. The standard InChI is InChI=1S/C19H25N5O2/c1-6-21-19(26)24-16-8-7-15(20-5)18(23-16)22-13(4)14-9-11(2)17(25)12(3)10-14/h7-10,20,25H,6H2,1-5H3,(H2,21,23,24,26). The van der Waals surface area contributed by atoms with Crippen molar-refractivity contribution in [2.75, 3.05) is 24.2 Å². The molecule has 0 saturated carbocycles. The van der Waals surface area contributed by atoms with Crippen molar-refractivity contribution in [1.82, 2.24) is 10.3 Å². The molecule has 0 atom stereocenters. The van der Waals surface area contributed by atoms with Crippen LogP contribution in [0.3, 0.4) is 0 Å². The largest absolute Gasteiger partial charge is 0.507 e. The van der Waals surface area contributed by atoms with E-state index in [1.165, 1.54) is 0 Å². The maximum atomic E-state index is 11.7. The number of nitrogens with one attached hydrogen (secondary N) is 3. The van der Waals surface area contributed by atoms with Crippen molar-refractivity contribution in [2.45, 2.75) is 27.7 Å². The molecule has 0 aliphatic heterocycles. The number of carbonyl (C=O) groups is 1. The number of hydrogen-bond donors (Lipinski definition) is 4. The highest BCUT2D eigenvalue weighted by Crippen LogP contribution is 2.27. The lowest BCUT2D eigenvalue weighted by Crippen LogP contribution is -2.28. The number of nitrogens with zero attached hydrogens (tertiary/aromatic N) is 2. The Morgan fingerprint density at radius 1 is 1.23 bits per heavy atom. The Hall–Kier alpha value is -3.09. The molecule has 0 aliphatic rings. The quantitative estimate of drug-likeness (QED) is 0.614. The average Bonchev–Trinajstić information content (AvgIpc) is 2.59. The van der Waals surface area contributed by atoms with E-state index < -0.39 is 0 Å². The third-order valence-corrected chi connectivity index (χ3v) is 3.91. The Kier molecular flexibility index (Phi) is 6.16. The first-order valence-corrected chi connectivity index (χ1v) is 8.45. The SMILES string of the molecule is CCNC(=O)Nc1ccc(NC)c(N=C(C)c2cc(C)c(O)c(C)c2)n1. The van der Waals surface area contributed by atoms with Crippen molar-refractivity contribution in [3.8, 4) is 5.75 Å². The zero-order valence-corrected chi connectivity index (χ0v) is 15.8. The van der Waals surface area contributed by atoms with Crippen molar-refractivity contribution < 1.29 is 9.90 Å². The first-order valence-electron chi connectivity index (χ1n) is 8.45. The number of phenols is 1. The third-order valence-electron chi connectivity index (χ3n) is 3.91. The molecule has 1 heterocycles.